The second kappa shape index (κ2) is 5.17. The van der Waals surface area contributed by atoms with Crippen LogP contribution in [0, 0.1) is 5.82 Å². The van der Waals surface area contributed by atoms with Crippen molar-refractivity contribution >= 4 is 29.2 Å². The van der Waals surface area contributed by atoms with Gasteiger partial charge in [-0.1, -0.05) is 16.0 Å². The van der Waals surface area contributed by atoms with Crippen molar-refractivity contribution in [2.45, 2.75) is 25.5 Å². The molecule has 0 bridgehead atoms. The van der Waals surface area contributed by atoms with Crippen molar-refractivity contribution < 1.29 is 8.94 Å². The smallest absolute Gasteiger partial charge is 0.144 e. The summed E-state index contributed by atoms with van der Waals surface area (Å²) < 4.78 is 28.2. The van der Waals surface area contributed by atoms with Gasteiger partial charge in [0.2, 0.25) is 0 Å². The van der Waals surface area contributed by atoms with Crippen molar-refractivity contribution in [3.8, 4) is 0 Å². The molecule has 2 nitrogen and oxygen atoms in total. The number of rotatable bonds is 2. The van der Waals surface area contributed by atoms with Gasteiger partial charge in [-0.25, -0.2) is 4.39 Å². The lowest BCUT2D eigenvalue weighted by Gasteiger charge is -2.17. The van der Waals surface area contributed by atoms with E-state index < -0.39 is 21.9 Å². The molecule has 0 fully saturated rings. The van der Waals surface area contributed by atoms with E-state index in [0.717, 1.165) is 0 Å². The number of nitrogens with zero attached hydrogens (tertiary/aromatic N) is 1. The Bertz CT molecular complexity index is 403. The summed E-state index contributed by atoms with van der Waals surface area (Å²) in [5.41, 5.74) is 0.241. The van der Waals surface area contributed by atoms with Gasteiger partial charge in [-0.2, -0.15) is 0 Å². The van der Waals surface area contributed by atoms with E-state index in [1.807, 2.05) is 0 Å². The van der Waals surface area contributed by atoms with Crippen molar-refractivity contribution in [1.82, 2.24) is 0 Å². The fraction of sp³-hybridized carbons (Fsp3) is 0.364. The maximum atomic E-state index is 13.3. The zero-order chi connectivity index (χ0) is 12.3. The van der Waals surface area contributed by atoms with E-state index in [-0.39, 0.29) is 5.56 Å². The van der Waals surface area contributed by atoms with E-state index in [4.69, 9.17) is 11.6 Å². The lowest BCUT2D eigenvalue weighted by atomic mass is 10.2. The van der Waals surface area contributed by atoms with Crippen LogP contribution in [-0.4, -0.2) is 15.5 Å². The molecular weight excluding hydrogens is 249 g/mol. The number of benzene rings is 1. The van der Waals surface area contributed by atoms with Crippen LogP contribution in [0.25, 0.3) is 0 Å². The molecule has 1 atom stereocenters. The molecule has 5 heteroatoms. The van der Waals surface area contributed by atoms with Gasteiger partial charge in [0, 0.05) is 10.6 Å². The topological polar surface area (TPSA) is 35.4 Å². The predicted octanol–water partition coefficient (Wildman–Crippen LogP) is 3.36. The van der Waals surface area contributed by atoms with Crippen LogP contribution in [0.5, 0.6) is 0 Å². The summed E-state index contributed by atoms with van der Waals surface area (Å²) in [6.45, 7) is 5.40. The first-order valence-corrected chi connectivity index (χ1v) is 6.20. The summed E-state index contributed by atoms with van der Waals surface area (Å²) in [6, 6.07) is 4.15. The van der Waals surface area contributed by atoms with Crippen LogP contribution in [0.15, 0.2) is 22.6 Å². The van der Waals surface area contributed by atoms with Gasteiger partial charge in [-0.05, 0) is 39.0 Å². The van der Waals surface area contributed by atoms with E-state index in [9.17, 15) is 8.94 Å². The molecule has 0 aliphatic rings. The van der Waals surface area contributed by atoms with E-state index in [2.05, 4.69) is 4.40 Å². The fourth-order valence-electron chi connectivity index (χ4n) is 0.876. The summed E-state index contributed by atoms with van der Waals surface area (Å²) >= 11 is 4.32. The average Bonchev–Trinajstić information content (AvgIpc) is 2.17. The third kappa shape index (κ3) is 3.77. The molecule has 1 aromatic carbocycles. The molecule has 0 saturated carbocycles. The molecule has 1 rings (SSSR count). The molecule has 0 N–H and O–H groups in total. The monoisotopic (exact) mass is 261 g/mol. The average molecular weight is 262 g/mol. The van der Waals surface area contributed by atoms with Crippen LogP contribution in [-0.2, 0) is 11.4 Å². The van der Waals surface area contributed by atoms with E-state index >= 15 is 0 Å². The maximum Gasteiger partial charge on any atom is 0.144 e. The van der Waals surface area contributed by atoms with Crippen molar-refractivity contribution in [2.75, 3.05) is 0 Å². The van der Waals surface area contributed by atoms with Crippen LogP contribution in [0.4, 0.5) is 4.39 Å². The van der Waals surface area contributed by atoms with Gasteiger partial charge in [0.25, 0.3) is 0 Å². The summed E-state index contributed by atoms with van der Waals surface area (Å²) in [4.78, 5) is 0. The Morgan fingerprint density at radius 1 is 1.44 bits per heavy atom. The number of hydrogen-bond acceptors (Lipinski definition) is 2. The molecule has 0 aliphatic heterocycles. The molecule has 16 heavy (non-hydrogen) atoms. The first kappa shape index (κ1) is 13.5. The van der Waals surface area contributed by atoms with Gasteiger partial charge in [0.1, 0.15) is 21.9 Å². The highest BCUT2D eigenvalue weighted by Gasteiger charge is 2.25. The van der Waals surface area contributed by atoms with Gasteiger partial charge in [0.15, 0.2) is 0 Å². The molecule has 0 spiro atoms. The second-order valence-corrected chi connectivity index (χ2v) is 6.63. The molecule has 1 unspecified atom stereocenters. The quantitative estimate of drug-likeness (QED) is 0.594. The van der Waals surface area contributed by atoms with E-state index in [1.54, 1.807) is 20.8 Å². The zero-order valence-corrected chi connectivity index (χ0v) is 10.9. The van der Waals surface area contributed by atoms with Crippen molar-refractivity contribution in [1.29, 1.82) is 0 Å². The maximum absolute atomic E-state index is 13.3. The largest absolute Gasteiger partial charge is 0.591 e. The normalized spacial score (nSPS) is 14.4. The SMILES string of the molecule is CC(C)(C)[S+]([O-])/N=C/c1cc(Cl)ccc1F. The first-order valence-electron chi connectivity index (χ1n) is 4.72. The van der Waals surface area contributed by atoms with Crippen molar-refractivity contribution in [3.63, 3.8) is 0 Å². The Hall–Kier alpha value is -0.580. The highest BCUT2D eigenvalue weighted by atomic mass is 35.5. The zero-order valence-electron chi connectivity index (χ0n) is 9.33. The molecule has 0 amide bonds. The first-order chi connectivity index (χ1) is 7.30. The van der Waals surface area contributed by atoms with Crippen LogP contribution < -0.4 is 0 Å². The Labute approximate surface area is 103 Å². The molecule has 0 saturated heterocycles. The molecule has 0 radical (unpaired) electrons. The molecule has 0 aliphatic carbocycles. The van der Waals surface area contributed by atoms with Crippen LogP contribution in [0.3, 0.4) is 0 Å². The lowest BCUT2D eigenvalue weighted by Crippen LogP contribution is -2.25. The van der Waals surface area contributed by atoms with E-state index in [1.165, 1.54) is 24.4 Å². The summed E-state index contributed by atoms with van der Waals surface area (Å²) in [5, 5.41) is 0.421. The third-order valence-corrected chi connectivity index (χ3v) is 3.35. The Morgan fingerprint density at radius 2 is 2.06 bits per heavy atom. The molecular formula is C11H13ClFNOS. The molecule has 88 valence electrons. The Kier molecular flexibility index (Phi) is 4.35. The second-order valence-electron chi connectivity index (χ2n) is 4.26. The van der Waals surface area contributed by atoms with Gasteiger partial charge < -0.3 is 4.55 Å². The lowest BCUT2D eigenvalue weighted by molar-refractivity contribution is 0.561. The summed E-state index contributed by atoms with van der Waals surface area (Å²) in [7, 11) is 0. The van der Waals surface area contributed by atoms with Crippen LogP contribution >= 0.6 is 11.6 Å². The number of halogens is 2. The molecule has 0 aromatic heterocycles. The van der Waals surface area contributed by atoms with Gasteiger partial charge in [-0.3, -0.25) is 0 Å². The minimum absolute atomic E-state index is 0.241. The van der Waals surface area contributed by atoms with Gasteiger partial charge >= 0.3 is 0 Å². The third-order valence-electron chi connectivity index (χ3n) is 1.77. The summed E-state index contributed by atoms with van der Waals surface area (Å²) in [5.74, 6) is -0.431. The van der Waals surface area contributed by atoms with Crippen molar-refractivity contribution in [3.05, 3.63) is 34.6 Å². The van der Waals surface area contributed by atoms with Crippen molar-refractivity contribution in [2.24, 2.45) is 4.40 Å². The Balaban J connectivity index is 2.88. The minimum atomic E-state index is -1.39. The molecule has 1 aromatic rings. The van der Waals surface area contributed by atoms with Crippen LogP contribution in [0.1, 0.15) is 26.3 Å². The highest BCUT2D eigenvalue weighted by Crippen LogP contribution is 2.18. The summed E-state index contributed by atoms with van der Waals surface area (Å²) in [6.07, 6.45) is 1.25. The molecule has 0 heterocycles. The Morgan fingerprint density at radius 3 is 2.62 bits per heavy atom. The fourth-order valence-corrected chi connectivity index (χ4v) is 1.58. The number of hydrogen-bond donors (Lipinski definition) is 0. The van der Waals surface area contributed by atoms with Gasteiger partial charge in [0.05, 0.1) is 6.21 Å². The standard InChI is InChI=1S/C11H13ClFNOS/c1-11(2,3)16(15)14-7-8-6-9(12)4-5-10(8)13/h4-7H,1-3H3/b14-7+. The van der Waals surface area contributed by atoms with Crippen LogP contribution in [0.2, 0.25) is 5.02 Å². The van der Waals surface area contributed by atoms with Gasteiger partial charge in [-0.15, -0.1) is 0 Å². The minimum Gasteiger partial charge on any atom is -0.591 e. The predicted molar refractivity (Wildman–Crippen MR) is 66.9 cm³/mol. The highest BCUT2D eigenvalue weighted by molar-refractivity contribution is 7.91. The van der Waals surface area contributed by atoms with E-state index in [0.29, 0.717) is 5.02 Å².